The second kappa shape index (κ2) is 39.6. The quantitative estimate of drug-likeness (QED) is 0.0282. The minimum absolute atomic E-state index is 0.00508. The minimum Gasteiger partial charge on any atom is -0.394 e. The number of aryl methyl sites for hydroxylation is 3. The number of carbonyl (C=O) groups excluding carboxylic acids is 3. The summed E-state index contributed by atoms with van der Waals surface area (Å²) in [6, 6.07) is 15.4. The summed E-state index contributed by atoms with van der Waals surface area (Å²) in [6.45, 7) is 30.4. The van der Waals surface area contributed by atoms with Gasteiger partial charge in [0.25, 0.3) is 16.7 Å². The number of nitrogens with two attached hydrogens (primary N) is 3. The summed E-state index contributed by atoms with van der Waals surface area (Å²) < 4.78 is 123. The van der Waals surface area contributed by atoms with Crippen LogP contribution in [-0.4, -0.2) is 155 Å². The number of aromatic nitrogens is 9. The first-order valence-electron chi connectivity index (χ1n) is 41.3. The molecule has 0 bridgehead atoms. The van der Waals surface area contributed by atoms with E-state index in [1.165, 1.54) is 50.1 Å². The predicted molar refractivity (Wildman–Crippen MR) is 507 cm³/mol. The number of carbonyl (C=O) groups is 3. The number of nitrogen functional groups attached to an aromatic ring is 3. The molecule has 42 heteroatoms. The molecule has 3 amide bonds. The van der Waals surface area contributed by atoms with Crippen molar-refractivity contribution in [3.8, 4) is 69.0 Å². The smallest absolute Gasteiger partial charge is 0.276 e. The fraction of sp³-hybridized carbons (Fsp3) is 0.258. The summed E-state index contributed by atoms with van der Waals surface area (Å²) in [5, 5.41) is 28.2. The molecule has 12 heterocycles. The van der Waals surface area contributed by atoms with Crippen molar-refractivity contribution in [3.05, 3.63) is 256 Å². The summed E-state index contributed by atoms with van der Waals surface area (Å²) in [5.74, 6) is -13.1. The average molecular weight is 1990 g/mol. The summed E-state index contributed by atoms with van der Waals surface area (Å²) in [7, 11) is 0. The maximum Gasteiger partial charge on any atom is 0.276 e. The molecule has 3 aromatic carbocycles. The normalized spacial score (nSPS) is 13.4. The Balaban J connectivity index is 0.000000171. The van der Waals surface area contributed by atoms with Crippen LogP contribution in [-0.2, 0) is 14.4 Å². The largest absolute Gasteiger partial charge is 0.394 e. The van der Waals surface area contributed by atoms with Gasteiger partial charge in [-0.15, -0.1) is 0 Å². The number of halogens is 15. The second-order valence-corrected chi connectivity index (χ2v) is 35.0. The fourth-order valence-corrected chi connectivity index (χ4v) is 18.2. The van der Waals surface area contributed by atoms with Crippen molar-refractivity contribution in [3.63, 3.8) is 0 Å². The van der Waals surface area contributed by atoms with E-state index in [0.717, 1.165) is 0 Å². The van der Waals surface area contributed by atoms with Crippen LogP contribution < -0.4 is 48.6 Å². The first-order chi connectivity index (χ1) is 64.0. The average Bonchev–Trinajstić information content (AvgIpc) is 0.728. The number of pyridine rings is 9. The molecule has 135 heavy (non-hydrogen) atoms. The van der Waals surface area contributed by atoms with E-state index in [-0.39, 0.29) is 183 Å². The summed E-state index contributed by atoms with van der Waals surface area (Å²) >= 11 is 44.6. The number of anilines is 6. The van der Waals surface area contributed by atoms with Crippen molar-refractivity contribution >= 4 is 166 Å². The number of hydrogen-bond donors (Lipinski definition) is 3. The Hall–Kier alpha value is -13.4. The van der Waals surface area contributed by atoms with Gasteiger partial charge in [0, 0.05) is 113 Å². The lowest BCUT2D eigenvalue weighted by molar-refractivity contribution is -0.127. The molecule has 696 valence electrons. The van der Waals surface area contributed by atoms with Gasteiger partial charge in [0.05, 0.1) is 120 Å². The van der Waals surface area contributed by atoms with E-state index in [2.05, 4.69) is 55.7 Å². The van der Waals surface area contributed by atoms with E-state index >= 15 is 13.2 Å². The van der Waals surface area contributed by atoms with Crippen LogP contribution in [0.1, 0.15) is 110 Å². The second-order valence-electron chi connectivity index (χ2n) is 32.2. The molecule has 9 aromatic heterocycles. The number of benzene rings is 3. The monoisotopic (exact) mass is 1980 g/mol. The van der Waals surface area contributed by atoms with Crippen LogP contribution in [0.5, 0.6) is 0 Å². The molecule has 27 nitrogen and oxygen atoms in total. The molecular formula is C93H78Cl7F8N21O6. The molecule has 0 aliphatic carbocycles. The van der Waals surface area contributed by atoms with E-state index in [4.69, 9.17) is 98.4 Å². The molecule has 3 fully saturated rings. The first-order valence-corrected chi connectivity index (χ1v) is 43.9. The first kappa shape index (κ1) is 99.0. The lowest BCUT2D eigenvalue weighted by atomic mass is 10.0. The van der Waals surface area contributed by atoms with Crippen LogP contribution in [0, 0.1) is 101 Å². The molecular weight excluding hydrogens is 1910 g/mol. The van der Waals surface area contributed by atoms with Crippen molar-refractivity contribution < 1.29 is 49.5 Å². The molecule has 0 spiro atoms. The molecule has 0 unspecified atom stereocenters. The van der Waals surface area contributed by atoms with Crippen molar-refractivity contribution in [2.45, 2.75) is 80.1 Å². The molecule has 0 radical (unpaired) electrons. The SMILES string of the molecule is C=CC(=O)N1CCN(c2c(C#N)c(=O)n(-c3c(C)ccnc3C(C)C)c3nc(-c4c(F)c(N)c(F)c(Cl)c4Cl)c(Cl)cc23)CC1.C=CC(=O)N1CCN(c2c(C#N)c(=O)n(-c3c(C)ccnc3C(C)C)c3nc(-c4c(F)c(N)c(F)c(F)c4Cl)c(Cl)cc23)CC1.C=CC(=O)N1CCN(c2c(C#N)c(=O)n(-c3c(C)ccnc3C(C)C)c3nc(-c4c(F)c(N)c(F)c(F)c4Cl)c(Cl)cc23)CC1. The standard InChI is InChI=1S/C31H26Cl3F2N7O2.2C31H26Cl2F3N7O2/c1-5-19(44)41-8-10-42(11-9-41)29-16-12-18(32)27(20-21(33)22(34)24(36)25(38)23(20)35)40-30(16)43(31(45)17(29)13-37)28-15(4)6-7-39-26(28)14(2)3;2*1-5-19(44)41-8-10-42(11-9-41)29-16-12-18(32)27(20-21(33)23(35)24(36)25(38)22(20)34)40-30(16)43(31(45)17(29)13-37)28-15(4)6-7-39-26(28)14(2)3/h3*5-7,12,14H,1,8-11,38H2,2-4H3. The summed E-state index contributed by atoms with van der Waals surface area (Å²) in [6.07, 6.45) is 8.41. The van der Waals surface area contributed by atoms with E-state index in [1.807, 2.05) is 53.7 Å². The Kier molecular flexibility index (Phi) is 29.1. The summed E-state index contributed by atoms with van der Waals surface area (Å²) in [4.78, 5) is 117. The zero-order chi connectivity index (χ0) is 98.7. The number of piperazine rings is 3. The van der Waals surface area contributed by atoms with Gasteiger partial charge in [-0.25, -0.2) is 50.1 Å². The Labute approximate surface area is 800 Å². The molecule has 3 aliphatic rings. The molecule has 0 atom stereocenters. The van der Waals surface area contributed by atoms with E-state index < -0.39 is 128 Å². The van der Waals surface area contributed by atoms with Gasteiger partial charge in [0.2, 0.25) is 17.7 Å². The third kappa shape index (κ3) is 17.6. The maximum atomic E-state index is 15.6. The third-order valence-corrected chi connectivity index (χ3v) is 25.6. The van der Waals surface area contributed by atoms with Crippen LogP contribution >= 0.6 is 81.2 Å². The third-order valence-electron chi connectivity index (χ3n) is 23.2. The highest BCUT2D eigenvalue weighted by atomic mass is 35.5. The van der Waals surface area contributed by atoms with Crippen LogP contribution in [0.25, 0.3) is 83.9 Å². The van der Waals surface area contributed by atoms with E-state index in [0.29, 0.717) is 69.3 Å². The van der Waals surface area contributed by atoms with Crippen LogP contribution in [0.2, 0.25) is 35.2 Å². The fourth-order valence-electron chi connectivity index (χ4n) is 16.5. The van der Waals surface area contributed by atoms with Crippen molar-refractivity contribution in [2.75, 3.05) is 110 Å². The van der Waals surface area contributed by atoms with Gasteiger partial charge in [-0.3, -0.25) is 57.4 Å². The zero-order valence-electron chi connectivity index (χ0n) is 73.2. The number of nitriles is 3. The Morgan fingerprint density at radius 1 is 0.378 bits per heavy atom. The van der Waals surface area contributed by atoms with Crippen LogP contribution in [0.3, 0.4) is 0 Å². The lowest BCUT2D eigenvalue weighted by Gasteiger charge is -2.36. The highest BCUT2D eigenvalue weighted by Gasteiger charge is 2.38. The molecule has 15 rings (SSSR count). The lowest BCUT2D eigenvalue weighted by Crippen LogP contribution is -2.49. The maximum absolute atomic E-state index is 15.6. The topological polar surface area (TPSA) is 363 Å². The number of rotatable bonds is 15. The van der Waals surface area contributed by atoms with Gasteiger partial charge in [-0.05, 0) is 110 Å². The zero-order valence-corrected chi connectivity index (χ0v) is 78.5. The number of fused-ring (bicyclic) bond motifs is 3. The molecule has 0 saturated carbocycles. The Morgan fingerprint density at radius 2 is 0.622 bits per heavy atom. The van der Waals surface area contributed by atoms with Crippen molar-refractivity contribution in [1.82, 2.24) is 58.3 Å². The van der Waals surface area contributed by atoms with Gasteiger partial charge in [-0.2, -0.15) is 15.8 Å². The minimum atomic E-state index is -1.67. The summed E-state index contributed by atoms with van der Waals surface area (Å²) in [5.41, 5.74) is 12.8. The van der Waals surface area contributed by atoms with Crippen LogP contribution in [0.15, 0.2) is 107 Å². The van der Waals surface area contributed by atoms with Crippen LogP contribution in [0.4, 0.5) is 69.2 Å². The Bertz CT molecular complexity index is 6650. The van der Waals surface area contributed by atoms with E-state index in [1.54, 1.807) is 87.0 Å². The van der Waals surface area contributed by atoms with Crippen molar-refractivity contribution in [1.29, 1.82) is 15.8 Å². The number of amides is 3. The van der Waals surface area contributed by atoms with Gasteiger partial charge < -0.3 is 46.6 Å². The molecule has 3 saturated heterocycles. The van der Waals surface area contributed by atoms with Gasteiger partial charge in [-0.1, -0.05) is 142 Å². The molecule has 12 aromatic rings. The highest BCUT2D eigenvalue weighted by Crippen LogP contribution is 2.49. The molecule has 6 N–H and O–H groups in total. The molecule has 3 aliphatic heterocycles. The number of nitrogens with zero attached hydrogens (tertiary/aromatic N) is 18. The van der Waals surface area contributed by atoms with Gasteiger partial charge >= 0.3 is 0 Å². The highest BCUT2D eigenvalue weighted by molar-refractivity contribution is 6.45. The van der Waals surface area contributed by atoms with Crippen molar-refractivity contribution in [2.24, 2.45) is 0 Å². The Morgan fingerprint density at radius 3 is 0.859 bits per heavy atom. The van der Waals surface area contributed by atoms with Gasteiger partial charge in [0.15, 0.2) is 46.5 Å². The predicted octanol–water partition coefficient (Wildman–Crippen LogP) is 18.2. The van der Waals surface area contributed by atoms with E-state index in [9.17, 15) is 66.5 Å². The van der Waals surface area contributed by atoms with Gasteiger partial charge in [0.1, 0.15) is 68.9 Å². The number of hydrogen-bond acceptors (Lipinski definition) is 21.